The molecule has 138 valence electrons. The summed E-state index contributed by atoms with van der Waals surface area (Å²) in [6, 6.07) is 5.48. The van der Waals surface area contributed by atoms with Gasteiger partial charge in [0.15, 0.2) is 6.17 Å². The van der Waals surface area contributed by atoms with E-state index in [2.05, 4.69) is 19.7 Å². The minimum atomic E-state index is -3.07. The van der Waals surface area contributed by atoms with Crippen LogP contribution in [-0.2, 0) is 6.42 Å². The van der Waals surface area contributed by atoms with Crippen LogP contribution < -0.4 is 9.46 Å². The second kappa shape index (κ2) is 8.05. The zero-order valence-corrected chi connectivity index (χ0v) is 15.0. The molecule has 1 atom stereocenters. The van der Waals surface area contributed by atoms with E-state index in [9.17, 15) is 13.2 Å². The van der Waals surface area contributed by atoms with Crippen molar-refractivity contribution in [2.75, 3.05) is 11.8 Å². The van der Waals surface area contributed by atoms with Crippen LogP contribution in [0.15, 0.2) is 35.5 Å². The van der Waals surface area contributed by atoms with Crippen LogP contribution in [0.4, 0.5) is 19.1 Å². The van der Waals surface area contributed by atoms with Crippen LogP contribution in [0.25, 0.3) is 10.9 Å². The Balaban J connectivity index is 1.73. The highest BCUT2D eigenvalue weighted by Gasteiger charge is 2.22. The fraction of sp³-hybridized carbons (Fsp3) is 0.250. The van der Waals surface area contributed by atoms with Crippen molar-refractivity contribution >= 4 is 40.4 Å². The number of nitrogens with one attached hydrogen (secondary N) is 2. The fourth-order valence-corrected chi connectivity index (χ4v) is 3.19. The second-order valence-electron chi connectivity index (χ2n) is 5.33. The molecule has 10 heteroatoms. The Morgan fingerprint density at radius 1 is 1.35 bits per heavy atom. The van der Waals surface area contributed by atoms with E-state index in [1.165, 1.54) is 25.3 Å². The number of anilines is 1. The Labute approximate surface area is 156 Å². The average molecular weight is 403 g/mol. The highest BCUT2D eigenvalue weighted by molar-refractivity contribution is 8.00. The van der Waals surface area contributed by atoms with Crippen LogP contribution in [-0.4, -0.2) is 34.7 Å². The molecule has 0 spiro atoms. The standard InChI is InChI=1S/C16H14ClF3N4OS/c1-25-15-8(4-11(18)14(19)20)6-22-16(23-15)24-26-13-7-21-12-5-9(17)2-3-10(12)13/h2-3,5-7,11,14,21H,4H2,1H3,(H,22,23,24). The SMILES string of the molecule is COc1nc(NSc2c[nH]c3cc(Cl)ccc23)ncc1CC(F)C(F)F. The third-order valence-corrected chi connectivity index (χ3v) is 4.64. The predicted molar refractivity (Wildman–Crippen MR) is 96.0 cm³/mol. The lowest BCUT2D eigenvalue weighted by Gasteiger charge is -2.11. The molecule has 2 aromatic heterocycles. The number of nitrogens with zero attached hydrogens (tertiary/aromatic N) is 2. The van der Waals surface area contributed by atoms with Gasteiger partial charge in [0.2, 0.25) is 11.8 Å². The lowest BCUT2D eigenvalue weighted by Crippen LogP contribution is -2.16. The molecule has 0 bridgehead atoms. The van der Waals surface area contributed by atoms with Gasteiger partial charge in [-0.3, -0.25) is 4.72 Å². The first-order chi connectivity index (χ1) is 12.5. The van der Waals surface area contributed by atoms with Gasteiger partial charge >= 0.3 is 0 Å². The van der Waals surface area contributed by atoms with E-state index in [1.54, 1.807) is 12.3 Å². The lowest BCUT2D eigenvalue weighted by molar-refractivity contribution is 0.0499. The maximum Gasteiger partial charge on any atom is 0.269 e. The molecule has 1 unspecified atom stereocenters. The molecule has 0 amide bonds. The molecule has 0 aliphatic carbocycles. The van der Waals surface area contributed by atoms with Crippen LogP contribution in [0.2, 0.25) is 5.02 Å². The third kappa shape index (κ3) is 4.16. The Kier molecular flexibility index (Phi) is 5.77. The van der Waals surface area contributed by atoms with Crippen molar-refractivity contribution in [3.05, 3.63) is 41.2 Å². The zero-order chi connectivity index (χ0) is 18.7. The van der Waals surface area contributed by atoms with Crippen molar-refractivity contribution in [1.82, 2.24) is 15.0 Å². The summed E-state index contributed by atoms with van der Waals surface area (Å²) < 4.78 is 46.0. The Bertz CT molecular complexity index is 908. The molecule has 0 fully saturated rings. The first-order valence-corrected chi connectivity index (χ1v) is 8.69. The largest absolute Gasteiger partial charge is 0.481 e. The average Bonchev–Trinajstić information content (AvgIpc) is 3.02. The number of aromatic nitrogens is 3. The number of H-pyrrole nitrogens is 1. The van der Waals surface area contributed by atoms with E-state index in [4.69, 9.17) is 16.3 Å². The molecule has 0 saturated heterocycles. The highest BCUT2D eigenvalue weighted by Crippen LogP contribution is 2.30. The maximum absolute atomic E-state index is 13.2. The molecular weight excluding hydrogens is 389 g/mol. The number of hydrogen-bond donors (Lipinski definition) is 2. The number of halogens is 4. The van der Waals surface area contributed by atoms with Crippen molar-refractivity contribution < 1.29 is 17.9 Å². The van der Waals surface area contributed by atoms with Gasteiger partial charge < -0.3 is 9.72 Å². The Hall–Kier alpha value is -2.13. The van der Waals surface area contributed by atoms with Crippen molar-refractivity contribution in [2.24, 2.45) is 0 Å². The van der Waals surface area contributed by atoms with Gasteiger partial charge in [-0.2, -0.15) is 4.98 Å². The van der Waals surface area contributed by atoms with Gasteiger partial charge in [-0.15, -0.1) is 0 Å². The van der Waals surface area contributed by atoms with Crippen LogP contribution in [0.1, 0.15) is 5.56 Å². The molecule has 0 aliphatic heterocycles. The van der Waals surface area contributed by atoms with E-state index in [0.717, 1.165) is 15.8 Å². The number of hydrogen-bond acceptors (Lipinski definition) is 5. The maximum atomic E-state index is 13.2. The lowest BCUT2D eigenvalue weighted by atomic mass is 10.1. The van der Waals surface area contributed by atoms with Gasteiger partial charge in [-0.25, -0.2) is 18.2 Å². The van der Waals surface area contributed by atoms with Gasteiger partial charge in [-0.05, 0) is 24.1 Å². The normalized spacial score (nSPS) is 12.5. The van der Waals surface area contributed by atoms with Gasteiger partial charge in [-0.1, -0.05) is 17.7 Å². The van der Waals surface area contributed by atoms with E-state index in [1.807, 2.05) is 12.1 Å². The molecular formula is C16H14ClF3N4OS. The number of methoxy groups -OCH3 is 1. The van der Waals surface area contributed by atoms with Crippen molar-refractivity contribution in [2.45, 2.75) is 23.9 Å². The van der Waals surface area contributed by atoms with Gasteiger partial charge in [0.05, 0.1) is 12.0 Å². The third-order valence-electron chi connectivity index (χ3n) is 3.56. The summed E-state index contributed by atoms with van der Waals surface area (Å²) in [5.41, 5.74) is 1.06. The molecule has 2 heterocycles. The highest BCUT2D eigenvalue weighted by atomic mass is 35.5. The summed E-state index contributed by atoms with van der Waals surface area (Å²) in [6.45, 7) is 0. The number of aromatic amines is 1. The molecule has 3 aromatic rings. The summed E-state index contributed by atoms with van der Waals surface area (Å²) in [6.07, 6.45) is -2.79. The van der Waals surface area contributed by atoms with Crippen LogP contribution in [0.5, 0.6) is 5.88 Å². The number of ether oxygens (including phenoxy) is 1. The summed E-state index contributed by atoms with van der Waals surface area (Å²) in [4.78, 5) is 12.1. The molecule has 5 nitrogen and oxygen atoms in total. The summed E-state index contributed by atoms with van der Waals surface area (Å²) in [7, 11) is 1.34. The molecule has 2 N–H and O–H groups in total. The zero-order valence-electron chi connectivity index (χ0n) is 13.5. The summed E-state index contributed by atoms with van der Waals surface area (Å²) >= 11 is 7.21. The Morgan fingerprint density at radius 2 is 2.15 bits per heavy atom. The molecule has 26 heavy (non-hydrogen) atoms. The van der Waals surface area contributed by atoms with Crippen molar-refractivity contribution in [3.63, 3.8) is 0 Å². The molecule has 0 radical (unpaired) electrons. The molecule has 0 saturated carbocycles. The van der Waals surface area contributed by atoms with Crippen LogP contribution in [0.3, 0.4) is 0 Å². The first-order valence-electron chi connectivity index (χ1n) is 7.49. The topological polar surface area (TPSA) is 62.8 Å². The van der Waals surface area contributed by atoms with E-state index >= 15 is 0 Å². The molecule has 3 rings (SSSR count). The van der Waals surface area contributed by atoms with E-state index < -0.39 is 19.0 Å². The number of benzene rings is 1. The van der Waals surface area contributed by atoms with Crippen molar-refractivity contribution in [3.8, 4) is 5.88 Å². The number of alkyl halides is 3. The van der Waals surface area contributed by atoms with E-state index in [0.29, 0.717) is 5.02 Å². The minimum absolute atomic E-state index is 0.0529. The number of fused-ring (bicyclic) bond motifs is 1. The molecule has 0 aliphatic rings. The minimum Gasteiger partial charge on any atom is -0.481 e. The monoisotopic (exact) mass is 402 g/mol. The first kappa shape index (κ1) is 18.7. The van der Waals surface area contributed by atoms with Gasteiger partial charge in [0.1, 0.15) is 0 Å². The molecule has 1 aromatic carbocycles. The van der Waals surface area contributed by atoms with Crippen LogP contribution in [0, 0.1) is 0 Å². The van der Waals surface area contributed by atoms with Gasteiger partial charge in [0, 0.05) is 40.3 Å². The second-order valence-corrected chi connectivity index (χ2v) is 6.61. The predicted octanol–water partition coefficient (Wildman–Crippen LogP) is 4.88. The van der Waals surface area contributed by atoms with E-state index in [-0.39, 0.29) is 17.4 Å². The van der Waals surface area contributed by atoms with Gasteiger partial charge in [0.25, 0.3) is 6.43 Å². The Morgan fingerprint density at radius 3 is 2.88 bits per heavy atom. The quantitative estimate of drug-likeness (QED) is 0.551. The van der Waals surface area contributed by atoms with Crippen molar-refractivity contribution in [1.29, 1.82) is 0 Å². The summed E-state index contributed by atoms with van der Waals surface area (Å²) in [5.74, 6) is 0.267. The van der Waals surface area contributed by atoms with Crippen LogP contribution >= 0.6 is 23.5 Å². The smallest absolute Gasteiger partial charge is 0.269 e. The number of rotatable bonds is 7. The summed E-state index contributed by atoms with van der Waals surface area (Å²) in [5, 5.41) is 1.59. The fourth-order valence-electron chi connectivity index (χ4n) is 2.31.